The molecule has 0 saturated heterocycles. The minimum atomic E-state index is -3.68. The molecule has 6 nitrogen and oxygen atoms in total. The van der Waals surface area contributed by atoms with E-state index >= 15 is 0 Å². The molecule has 2 aromatic carbocycles. The maximum atomic E-state index is 12.8. The van der Waals surface area contributed by atoms with E-state index in [1.807, 2.05) is 6.07 Å². The number of anilines is 1. The molecule has 0 spiro atoms. The van der Waals surface area contributed by atoms with Gasteiger partial charge in [-0.2, -0.15) is 0 Å². The number of halogens is 1. The van der Waals surface area contributed by atoms with Crippen LogP contribution < -0.4 is 15.4 Å². The van der Waals surface area contributed by atoms with Crippen molar-refractivity contribution in [1.29, 1.82) is 0 Å². The van der Waals surface area contributed by atoms with Crippen molar-refractivity contribution >= 4 is 34.0 Å². The molecule has 0 aromatic heterocycles. The normalized spacial score (nSPS) is 18.9. The molecule has 0 radical (unpaired) electrons. The van der Waals surface area contributed by atoms with Gasteiger partial charge in [0.05, 0.1) is 10.6 Å². The van der Waals surface area contributed by atoms with E-state index in [1.54, 1.807) is 36.4 Å². The Morgan fingerprint density at radius 2 is 1.75 bits per heavy atom. The van der Waals surface area contributed by atoms with Gasteiger partial charge < -0.3 is 11.1 Å². The number of carbonyl (C=O) groups excluding carboxylic acids is 1. The molecule has 2 unspecified atom stereocenters. The lowest BCUT2D eigenvalue weighted by molar-refractivity contribution is 0.0928. The fourth-order valence-corrected chi connectivity index (χ4v) is 4.67. The quantitative estimate of drug-likeness (QED) is 0.747. The van der Waals surface area contributed by atoms with Crippen LogP contribution in [-0.2, 0) is 10.0 Å². The molecule has 152 valence electrons. The molecular weight excluding hydrogens is 398 g/mol. The second-order valence-corrected chi connectivity index (χ2v) is 8.81. The fraction of sp³-hybridized carbons (Fsp3) is 0.350. The van der Waals surface area contributed by atoms with Crippen LogP contribution in [0.15, 0.2) is 59.5 Å². The van der Waals surface area contributed by atoms with Crippen molar-refractivity contribution in [3.05, 3.63) is 60.2 Å². The van der Waals surface area contributed by atoms with E-state index in [0.29, 0.717) is 23.7 Å². The Bertz CT molecular complexity index is 889. The van der Waals surface area contributed by atoms with Gasteiger partial charge in [0.2, 0.25) is 0 Å². The third-order valence-corrected chi connectivity index (χ3v) is 6.97. The topological polar surface area (TPSA) is 92.5 Å². The summed E-state index contributed by atoms with van der Waals surface area (Å²) in [5.41, 5.74) is 6.78. The Morgan fingerprint density at radius 3 is 2.36 bits per heavy atom. The van der Waals surface area contributed by atoms with Gasteiger partial charge in [0.15, 0.2) is 0 Å². The zero-order chi connectivity index (χ0) is 19.4. The Kier molecular flexibility index (Phi) is 7.46. The van der Waals surface area contributed by atoms with Gasteiger partial charge in [-0.15, -0.1) is 12.4 Å². The third-order valence-electron chi connectivity index (χ3n) is 5.17. The van der Waals surface area contributed by atoms with Crippen LogP contribution in [0, 0.1) is 5.92 Å². The van der Waals surface area contributed by atoms with Crippen molar-refractivity contribution in [2.75, 3.05) is 17.9 Å². The van der Waals surface area contributed by atoms with Gasteiger partial charge in [-0.25, -0.2) is 8.42 Å². The first-order valence-corrected chi connectivity index (χ1v) is 10.5. The van der Waals surface area contributed by atoms with Crippen molar-refractivity contribution in [2.45, 2.75) is 30.2 Å². The summed E-state index contributed by atoms with van der Waals surface area (Å²) in [6, 6.07) is 15.0. The monoisotopic (exact) mass is 423 g/mol. The molecule has 0 bridgehead atoms. The Labute approximate surface area is 172 Å². The summed E-state index contributed by atoms with van der Waals surface area (Å²) in [5.74, 6) is 0.119. The van der Waals surface area contributed by atoms with Crippen LogP contribution in [0.5, 0.6) is 0 Å². The van der Waals surface area contributed by atoms with E-state index in [9.17, 15) is 13.2 Å². The van der Waals surface area contributed by atoms with Gasteiger partial charge in [0.25, 0.3) is 15.9 Å². The second-order valence-electron chi connectivity index (χ2n) is 6.84. The van der Waals surface area contributed by atoms with Crippen molar-refractivity contribution in [3.63, 3.8) is 0 Å². The summed E-state index contributed by atoms with van der Waals surface area (Å²) >= 11 is 0. The molecule has 1 amide bonds. The molecular formula is C20H26ClN3O3S. The number of nitrogens with one attached hydrogen (secondary N) is 1. The number of sulfonamides is 1. The van der Waals surface area contributed by atoms with Crippen LogP contribution >= 0.6 is 12.4 Å². The van der Waals surface area contributed by atoms with E-state index in [1.165, 1.54) is 23.5 Å². The predicted octanol–water partition coefficient (Wildman–Crippen LogP) is 2.79. The number of amides is 1. The molecule has 3 N–H and O–H groups in total. The van der Waals surface area contributed by atoms with Crippen LogP contribution in [-0.4, -0.2) is 34.0 Å². The fourth-order valence-electron chi connectivity index (χ4n) is 3.47. The third kappa shape index (κ3) is 4.66. The molecule has 1 aliphatic carbocycles. The van der Waals surface area contributed by atoms with E-state index in [0.717, 1.165) is 19.3 Å². The average molecular weight is 424 g/mol. The first kappa shape index (κ1) is 22.2. The van der Waals surface area contributed by atoms with Crippen LogP contribution in [0.25, 0.3) is 0 Å². The van der Waals surface area contributed by atoms with Gasteiger partial charge >= 0.3 is 0 Å². The van der Waals surface area contributed by atoms with Gasteiger partial charge in [-0.05, 0) is 61.7 Å². The van der Waals surface area contributed by atoms with Crippen LogP contribution in [0.1, 0.15) is 29.6 Å². The summed E-state index contributed by atoms with van der Waals surface area (Å²) in [6.07, 6.45) is 3.03. The minimum absolute atomic E-state index is 0. The second kappa shape index (κ2) is 9.41. The Morgan fingerprint density at radius 1 is 1.11 bits per heavy atom. The lowest BCUT2D eigenvalue weighted by Crippen LogP contribution is -2.39. The van der Waals surface area contributed by atoms with E-state index < -0.39 is 10.0 Å². The van der Waals surface area contributed by atoms with Crippen LogP contribution in [0.2, 0.25) is 0 Å². The molecule has 1 aliphatic rings. The van der Waals surface area contributed by atoms with Crippen molar-refractivity contribution in [2.24, 2.45) is 11.7 Å². The highest BCUT2D eigenvalue weighted by Crippen LogP contribution is 2.25. The highest BCUT2D eigenvalue weighted by molar-refractivity contribution is 7.92. The molecule has 1 saturated carbocycles. The lowest BCUT2D eigenvalue weighted by atomic mass is 10.0. The number of hydrogen-bond acceptors (Lipinski definition) is 4. The van der Waals surface area contributed by atoms with Gasteiger partial charge in [0, 0.05) is 18.7 Å². The van der Waals surface area contributed by atoms with E-state index in [4.69, 9.17) is 5.73 Å². The first-order valence-electron chi connectivity index (χ1n) is 9.08. The van der Waals surface area contributed by atoms with E-state index in [-0.39, 0.29) is 29.3 Å². The SMILES string of the molecule is CN(c1ccccc1)S(=O)(=O)c1ccc(C(=O)NC2CCCC2CN)cc1.Cl. The largest absolute Gasteiger partial charge is 0.349 e. The molecule has 1 fully saturated rings. The Hall–Kier alpha value is -2.09. The summed E-state index contributed by atoms with van der Waals surface area (Å²) < 4.78 is 26.8. The Balaban J connectivity index is 0.00000280. The van der Waals surface area contributed by atoms with Crippen LogP contribution in [0.4, 0.5) is 5.69 Å². The predicted molar refractivity (Wildman–Crippen MR) is 113 cm³/mol. The number of nitrogens with zero attached hydrogens (tertiary/aromatic N) is 1. The molecule has 0 aliphatic heterocycles. The molecule has 2 aromatic rings. The van der Waals surface area contributed by atoms with Crippen molar-refractivity contribution in [1.82, 2.24) is 5.32 Å². The summed E-state index contributed by atoms with van der Waals surface area (Å²) in [7, 11) is -2.17. The van der Waals surface area contributed by atoms with Gasteiger partial charge in [-0.3, -0.25) is 9.10 Å². The lowest BCUT2D eigenvalue weighted by Gasteiger charge is -2.20. The maximum Gasteiger partial charge on any atom is 0.264 e. The number of benzene rings is 2. The number of hydrogen-bond donors (Lipinski definition) is 2. The first-order chi connectivity index (χ1) is 12.9. The number of para-hydroxylation sites is 1. The molecule has 3 rings (SSSR count). The van der Waals surface area contributed by atoms with E-state index in [2.05, 4.69) is 5.32 Å². The highest BCUT2D eigenvalue weighted by atomic mass is 35.5. The summed E-state index contributed by atoms with van der Waals surface area (Å²) in [4.78, 5) is 12.6. The molecule has 0 heterocycles. The molecule has 2 atom stereocenters. The smallest absolute Gasteiger partial charge is 0.264 e. The zero-order valence-electron chi connectivity index (χ0n) is 15.7. The average Bonchev–Trinajstić information content (AvgIpc) is 3.15. The minimum Gasteiger partial charge on any atom is -0.349 e. The number of nitrogens with two attached hydrogens (primary N) is 1. The molecule has 28 heavy (non-hydrogen) atoms. The van der Waals surface area contributed by atoms with Crippen molar-refractivity contribution < 1.29 is 13.2 Å². The number of carbonyl (C=O) groups is 1. The summed E-state index contributed by atoms with van der Waals surface area (Å²) in [6.45, 7) is 0.563. The standard InChI is InChI=1S/C20H25N3O3S.ClH/c1-23(17-7-3-2-4-8-17)27(25,26)18-12-10-15(11-13-18)20(24)22-19-9-5-6-16(19)14-21;/h2-4,7-8,10-13,16,19H,5-6,9,14,21H2,1H3,(H,22,24);1H. The zero-order valence-corrected chi connectivity index (χ0v) is 17.4. The number of rotatable bonds is 6. The van der Waals surface area contributed by atoms with Gasteiger partial charge in [0.1, 0.15) is 0 Å². The van der Waals surface area contributed by atoms with Crippen LogP contribution in [0.3, 0.4) is 0 Å². The maximum absolute atomic E-state index is 12.8. The van der Waals surface area contributed by atoms with Crippen molar-refractivity contribution in [3.8, 4) is 0 Å². The molecule has 8 heteroatoms. The summed E-state index contributed by atoms with van der Waals surface area (Å²) in [5, 5.41) is 3.02. The van der Waals surface area contributed by atoms with Gasteiger partial charge in [-0.1, -0.05) is 24.6 Å². The highest BCUT2D eigenvalue weighted by Gasteiger charge is 2.28.